The lowest BCUT2D eigenvalue weighted by Crippen LogP contribution is -2.45. The van der Waals surface area contributed by atoms with Gasteiger partial charge in [-0.25, -0.2) is 4.98 Å². The van der Waals surface area contributed by atoms with Crippen molar-refractivity contribution >= 4 is 41.3 Å². The van der Waals surface area contributed by atoms with Crippen LogP contribution in [-0.2, 0) is 19.6 Å². The average Bonchev–Trinajstić information content (AvgIpc) is 3.07. The van der Waals surface area contributed by atoms with E-state index in [1.807, 2.05) is 0 Å². The average molecular weight is 543 g/mol. The predicted octanol–water partition coefficient (Wildman–Crippen LogP) is 3.38. The summed E-state index contributed by atoms with van der Waals surface area (Å²) in [7, 11) is 1.80. The quantitative estimate of drug-likeness (QED) is 0.319. The third kappa shape index (κ3) is 7.47. The molecular formula is C22H35IN6S. The number of aromatic nitrogens is 1. The molecule has 1 aliphatic heterocycles. The monoisotopic (exact) mass is 542 g/mol. The molecule has 0 radical (unpaired) electrons. The Morgan fingerprint density at radius 3 is 2.17 bits per heavy atom. The number of likely N-dealkylation sites (N-methyl/N-ethyl adjacent to an activating group) is 1. The van der Waals surface area contributed by atoms with Gasteiger partial charge in [0.15, 0.2) is 5.96 Å². The predicted molar refractivity (Wildman–Crippen MR) is 138 cm³/mol. The fourth-order valence-corrected chi connectivity index (χ4v) is 4.34. The van der Waals surface area contributed by atoms with Crippen LogP contribution in [0.3, 0.4) is 0 Å². The van der Waals surface area contributed by atoms with Crippen molar-refractivity contribution in [2.75, 3.05) is 39.8 Å². The van der Waals surface area contributed by atoms with Crippen LogP contribution in [0.5, 0.6) is 0 Å². The van der Waals surface area contributed by atoms with E-state index in [1.165, 1.54) is 29.1 Å². The molecule has 2 heterocycles. The molecule has 0 aliphatic carbocycles. The normalized spacial score (nSPS) is 15.7. The molecule has 0 bridgehead atoms. The van der Waals surface area contributed by atoms with Crippen LogP contribution in [0.2, 0.25) is 0 Å². The lowest BCUT2D eigenvalue weighted by molar-refractivity contribution is 0.132. The molecule has 2 aromatic rings. The van der Waals surface area contributed by atoms with Gasteiger partial charge in [0.25, 0.3) is 0 Å². The number of thiazole rings is 1. The van der Waals surface area contributed by atoms with Gasteiger partial charge >= 0.3 is 0 Å². The van der Waals surface area contributed by atoms with Gasteiger partial charge in [0.05, 0.1) is 12.2 Å². The van der Waals surface area contributed by atoms with Crippen LogP contribution in [0.15, 0.2) is 29.3 Å². The Labute approximate surface area is 202 Å². The van der Waals surface area contributed by atoms with Crippen molar-refractivity contribution in [3.05, 3.63) is 51.0 Å². The SMILES string of the molecule is CCN1CCN(Cc2ccc(CNC(=NC)NCc3nc(C)c(C)s3)cc2)CC1.I. The number of piperazine rings is 1. The van der Waals surface area contributed by atoms with Gasteiger partial charge in [0.2, 0.25) is 0 Å². The van der Waals surface area contributed by atoms with Crippen molar-refractivity contribution in [1.29, 1.82) is 0 Å². The van der Waals surface area contributed by atoms with Crippen LogP contribution < -0.4 is 10.6 Å². The first-order valence-electron chi connectivity index (χ1n) is 10.5. The first kappa shape index (κ1) is 25.0. The van der Waals surface area contributed by atoms with Gasteiger partial charge in [-0.15, -0.1) is 35.3 Å². The molecule has 0 spiro atoms. The van der Waals surface area contributed by atoms with E-state index in [0.29, 0.717) is 6.54 Å². The van der Waals surface area contributed by atoms with Gasteiger partial charge in [-0.1, -0.05) is 31.2 Å². The van der Waals surface area contributed by atoms with Crippen molar-refractivity contribution in [1.82, 2.24) is 25.4 Å². The van der Waals surface area contributed by atoms with Gasteiger partial charge in [-0.2, -0.15) is 0 Å². The van der Waals surface area contributed by atoms with Crippen LogP contribution in [0.4, 0.5) is 0 Å². The highest BCUT2D eigenvalue weighted by Gasteiger charge is 2.15. The van der Waals surface area contributed by atoms with E-state index in [2.05, 4.69) is 75.4 Å². The Morgan fingerprint density at radius 2 is 1.60 bits per heavy atom. The van der Waals surface area contributed by atoms with E-state index in [0.717, 1.165) is 49.4 Å². The molecule has 6 nitrogen and oxygen atoms in total. The van der Waals surface area contributed by atoms with Crippen molar-refractivity contribution in [2.45, 2.75) is 40.4 Å². The number of benzene rings is 1. The standard InChI is InChI=1S/C22H34N6S.HI/c1-5-27-10-12-28(13-11-27)16-20-8-6-19(7-9-20)14-24-22(23-4)25-15-21-26-17(2)18(3)29-21;/h6-9H,5,10-16H2,1-4H3,(H2,23,24,25);1H. The lowest BCUT2D eigenvalue weighted by atomic mass is 10.1. The minimum Gasteiger partial charge on any atom is -0.352 e. The molecule has 1 aromatic carbocycles. The van der Waals surface area contributed by atoms with Crippen molar-refractivity contribution in [2.24, 2.45) is 4.99 Å². The summed E-state index contributed by atoms with van der Waals surface area (Å²) in [5.41, 5.74) is 3.76. The highest BCUT2D eigenvalue weighted by Crippen LogP contribution is 2.16. The highest BCUT2D eigenvalue weighted by molar-refractivity contribution is 14.0. The molecule has 1 aromatic heterocycles. The van der Waals surface area contributed by atoms with Gasteiger partial charge < -0.3 is 15.5 Å². The number of rotatable bonds is 7. The molecule has 1 aliphatic rings. The first-order chi connectivity index (χ1) is 14.1. The smallest absolute Gasteiger partial charge is 0.191 e. The van der Waals surface area contributed by atoms with Gasteiger partial charge in [-0.3, -0.25) is 9.89 Å². The fourth-order valence-electron chi connectivity index (χ4n) is 3.46. The maximum absolute atomic E-state index is 4.57. The van der Waals surface area contributed by atoms with Gasteiger partial charge in [-0.05, 0) is 31.5 Å². The maximum Gasteiger partial charge on any atom is 0.191 e. The minimum atomic E-state index is 0. The number of hydrogen-bond donors (Lipinski definition) is 2. The van der Waals surface area contributed by atoms with E-state index >= 15 is 0 Å². The maximum atomic E-state index is 4.57. The summed E-state index contributed by atoms with van der Waals surface area (Å²) in [6.07, 6.45) is 0. The Hall–Kier alpha value is -1.23. The molecule has 0 amide bonds. The Kier molecular flexibility index (Phi) is 10.5. The number of aliphatic imine (C=N–C) groups is 1. The number of guanidine groups is 1. The second-order valence-electron chi connectivity index (χ2n) is 7.56. The fraction of sp³-hybridized carbons (Fsp3) is 0.545. The summed E-state index contributed by atoms with van der Waals surface area (Å²) in [6.45, 7) is 14.8. The summed E-state index contributed by atoms with van der Waals surface area (Å²) < 4.78 is 0. The van der Waals surface area contributed by atoms with E-state index in [1.54, 1.807) is 18.4 Å². The second-order valence-corrected chi connectivity index (χ2v) is 8.84. The molecule has 1 saturated heterocycles. The van der Waals surface area contributed by atoms with Crippen LogP contribution in [-0.4, -0.2) is 60.5 Å². The molecule has 8 heteroatoms. The largest absolute Gasteiger partial charge is 0.352 e. The third-order valence-corrected chi connectivity index (χ3v) is 6.58. The van der Waals surface area contributed by atoms with Crippen molar-refractivity contribution < 1.29 is 0 Å². The van der Waals surface area contributed by atoms with Crippen LogP contribution >= 0.6 is 35.3 Å². The van der Waals surface area contributed by atoms with Crippen LogP contribution in [0.1, 0.15) is 33.6 Å². The second kappa shape index (κ2) is 12.6. The minimum absolute atomic E-state index is 0. The molecule has 1 fully saturated rings. The summed E-state index contributed by atoms with van der Waals surface area (Å²) in [6, 6.07) is 8.93. The molecule has 3 rings (SSSR count). The number of nitrogens with zero attached hydrogens (tertiary/aromatic N) is 4. The van der Waals surface area contributed by atoms with E-state index in [-0.39, 0.29) is 24.0 Å². The zero-order chi connectivity index (χ0) is 20.6. The Bertz CT molecular complexity index is 777. The van der Waals surface area contributed by atoms with Crippen molar-refractivity contribution in [3.63, 3.8) is 0 Å². The summed E-state index contributed by atoms with van der Waals surface area (Å²) in [5, 5.41) is 7.83. The van der Waals surface area contributed by atoms with E-state index < -0.39 is 0 Å². The molecule has 166 valence electrons. The van der Waals surface area contributed by atoms with E-state index in [4.69, 9.17) is 0 Å². The summed E-state index contributed by atoms with van der Waals surface area (Å²) in [5.74, 6) is 0.799. The zero-order valence-corrected chi connectivity index (χ0v) is 21.7. The Morgan fingerprint density at radius 1 is 1.00 bits per heavy atom. The summed E-state index contributed by atoms with van der Waals surface area (Å²) in [4.78, 5) is 15.2. The molecule has 30 heavy (non-hydrogen) atoms. The number of nitrogens with one attached hydrogen (secondary N) is 2. The third-order valence-electron chi connectivity index (χ3n) is 5.50. The molecule has 0 atom stereocenters. The first-order valence-corrected chi connectivity index (χ1v) is 11.3. The number of aryl methyl sites for hydroxylation is 2. The molecule has 0 unspecified atom stereocenters. The van der Waals surface area contributed by atoms with E-state index in [9.17, 15) is 0 Å². The number of hydrogen-bond acceptors (Lipinski definition) is 5. The molecule has 2 N–H and O–H groups in total. The van der Waals surface area contributed by atoms with Gasteiger partial charge in [0.1, 0.15) is 5.01 Å². The highest BCUT2D eigenvalue weighted by atomic mass is 127. The molecular weight excluding hydrogens is 507 g/mol. The zero-order valence-electron chi connectivity index (χ0n) is 18.6. The van der Waals surface area contributed by atoms with Crippen molar-refractivity contribution in [3.8, 4) is 0 Å². The summed E-state index contributed by atoms with van der Waals surface area (Å²) >= 11 is 1.74. The molecule has 0 saturated carbocycles. The van der Waals surface area contributed by atoms with Crippen LogP contribution in [0, 0.1) is 13.8 Å². The Balaban J connectivity index is 0.00000320. The number of halogens is 1. The van der Waals surface area contributed by atoms with Crippen LogP contribution in [0.25, 0.3) is 0 Å². The topological polar surface area (TPSA) is 55.8 Å². The lowest BCUT2D eigenvalue weighted by Gasteiger charge is -2.34. The van der Waals surface area contributed by atoms with Gasteiger partial charge in [0, 0.05) is 51.2 Å².